The summed E-state index contributed by atoms with van der Waals surface area (Å²) in [6, 6.07) is 0. The zero-order valence-electron chi connectivity index (χ0n) is 13.4. The minimum atomic E-state index is -1.08. The Balaban J connectivity index is 2.98. The Bertz CT molecular complexity index is 473. The summed E-state index contributed by atoms with van der Waals surface area (Å²) < 4.78 is 25.6. The second-order valence-electron chi connectivity index (χ2n) is 4.97. The van der Waals surface area contributed by atoms with Gasteiger partial charge in [-0.1, -0.05) is 0 Å². The molecule has 0 bridgehead atoms. The number of ether oxygens (including phenoxy) is 5. The Hall–Kier alpha value is -2.16. The summed E-state index contributed by atoms with van der Waals surface area (Å²) in [7, 11) is 0. The average Bonchev–Trinajstić information content (AvgIpc) is 2.39. The predicted molar refractivity (Wildman–Crippen MR) is 73.0 cm³/mol. The lowest BCUT2D eigenvalue weighted by Gasteiger charge is -2.40. The van der Waals surface area contributed by atoms with Crippen molar-refractivity contribution in [2.75, 3.05) is 13.2 Å². The number of hydrogen-bond donors (Lipinski definition) is 0. The van der Waals surface area contributed by atoms with Crippen LogP contribution in [0.3, 0.4) is 0 Å². The molecule has 1 aliphatic rings. The number of rotatable bonds is 5. The van der Waals surface area contributed by atoms with Crippen LogP contribution in [0, 0.1) is 0 Å². The third-order valence-electron chi connectivity index (χ3n) is 2.90. The zero-order chi connectivity index (χ0) is 17.6. The highest BCUT2D eigenvalue weighted by molar-refractivity contribution is 5.68. The van der Waals surface area contributed by atoms with Crippen molar-refractivity contribution in [3.05, 3.63) is 0 Å². The topological polar surface area (TPSA) is 114 Å². The average molecular weight is 332 g/mol. The Labute approximate surface area is 133 Å². The molecule has 0 amide bonds. The van der Waals surface area contributed by atoms with E-state index in [9.17, 15) is 19.2 Å². The molecular formula is C14H20O9. The van der Waals surface area contributed by atoms with Gasteiger partial charge in [0, 0.05) is 27.7 Å². The molecule has 9 nitrogen and oxygen atoms in total. The molecule has 23 heavy (non-hydrogen) atoms. The van der Waals surface area contributed by atoms with Crippen LogP contribution in [0.4, 0.5) is 0 Å². The fourth-order valence-electron chi connectivity index (χ4n) is 2.16. The van der Waals surface area contributed by atoms with Crippen LogP contribution in [0.5, 0.6) is 0 Å². The van der Waals surface area contributed by atoms with Crippen molar-refractivity contribution in [1.29, 1.82) is 0 Å². The Morgan fingerprint density at radius 1 is 0.826 bits per heavy atom. The minimum Gasteiger partial charge on any atom is -0.463 e. The molecule has 0 aromatic heterocycles. The van der Waals surface area contributed by atoms with E-state index in [0.29, 0.717) is 0 Å². The molecule has 1 saturated heterocycles. The van der Waals surface area contributed by atoms with Gasteiger partial charge in [-0.15, -0.1) is 0 Å². The molecular weight excluding hydrogens is 312 g/mol. The van der Waals surface area contributed by atoms with Crippen LogP contribution in [0.2, 0.25) is 0 Å². The smallest absolute Gasteiger partial charge is 0.303 e. The molecule has 0 aromatic carbocycles. The van der Waals surface area contributed by atoms with Crippen molar-refractivity contribution in [2.24, 2.45) is 0 Å². The fourth-order valence-corrected chi connectivity index (χ4v) is 2.16. The van der Waals surface area contributed by atoms with Crippen molar-refractivity contribution in [3.8, 4) is 0 Å². The van der Waals surface area contributed by atoms with Crippen LogP contribution >= 0.6 is 0 Å². The second kappa shape index (κ2) is 8.47. The number of carbonyl (C=O) groups is 4. The van der Waals surface area contributed by atoms with Gasteiger partial charge in [-0.05, 0) is 0 Å². The van der Waals surface area contributed by atoms with Gasteiger partial charge in [0.25, 0.3) is 0 Å². The summed E-state index contributed by atoms with van der Waals surface area (Å²) in [5, 5.41) is 0. The molecule has 0 saturated carbocycles. The maximum atomic E-state index is 11.3. The molecule has 0 aromatic rings. The lowest BCUT2D eigenvalue weighted by molar-refractivity contribution is -0.231. The third kappa shape index (κ3) is 6.23. The van der Waals surface area contributed by atoms with E-state index in [1.807, 2.05) is 0 Å². The summed E-state index contributed by atoms with van der Waals surface area (Å²) in [6.45, 7) is 4.46. The molecule has 0 N–H and O–H groups in total. The first-order valence-corrected chi connectivity index (χ1v) is 6.97. The molecule has 130 valence electrons. The third-order valence-corrected chi connectivity index (χ3v) is 2.90. The fraction of sp³-hybridized carbons (Fsp3) is 0.714. The highest BCUT2D eigenvalue weighted by atomic mass is 16.7. The lowest BCUT2D eigenvalue weighted by atomic mass is 9.99. The van der Waals surface area contributed by atoms with E-state index in [1.54, 1.807) is 0 Å². The molecule has 4 atom stereocenters. The van der Waals surface area contributed by atoms with Gasteiger partial charge in [0.1, 0.15) is 12.7 Å². The van der Waals surface area contributed by atoms with Gasteiger partial charge in [0.2, 0.25) is 0 Å². The highest BCUT2D eigenvalue weighted by Crippen LogP contribution is 2.24. The van der Waals surface area contributed by atoms with Gasteiger partial charge in [-0.3, -0.25) is 19.2 Å². The van der Waals surface area contributed by atoms with Gasteiger partial charge in [0.15, 0.2) is 18.3 Å². The van der Waals surface area contributed by atoms with E-state index in [0.717, 1.165) is 0 Å². The largest absolute Gasteiger partial charge is 0.463 e. The van der Waals surface area contributed by atoms with E-state index < -0.39 is 48.3 Å². The Kier molecular flexibility index (Phi) is 6.95. The van der Waals surface area contributed by atoms with E-state index in [1.165, 1.54) is 27.7 Å². The van der Waals surface area contributed by atoms with Crippen molar-refractivity contribution in [1.82, 2.24) is 0 Å². The van der Waals surface area contributed by atoms with Gasteiger partial charge < -0.3 is 23.7 Å². The highest BCUT2D eigenvalue weighted by Gasteiger charge is 2.47. The summed E-state index contributed by atoms with van der Waals surface area (Å²) in [5.74, 6) is -2.43. The van der Waals surface area contributed by atoms with Crippen LogP contribution in [0.1, 0.15) is 27.7 Å². The van der Waals surface area contributed by atoms with Gasteiger partial charge in [-0.25, -0.2) is 0 Å². The predicted octanol–water partition coefficient (Wildman–Crippen LogP) is -0.257. The molecule has 0 radical (unpaired) electrons. The first kappa shape index (κ1) is 18.9. The van der Waals surface area contributed by atoms with E-state index in [2.05, 4.69) is 0 Å². The summed E-state index contributed by atoms with van der Waals surface area (Å²) in [5.41, 5.74) is 0. The van der Waals surface area contributed by atoms with Gasteiger partial charge in [-0.2, -0.15) is 0 Å². The van der Waals surface area contributed by atoms with Crippen molar-refractivity contribution >= 4 is 23.9 Å². The van der Waals surface area contributed by atoms with Crippen LogP contribution in [0.25, 0.3) is 0 Å². The minimum absolute atomic E-state index is 0.0960. The molecule has 1 fully saturated rings. The molecule has 1 heterocycles. The van der Waals surface area contributed by atoms with Crippen molar-refractivity contribution < 1.29 is 42.9 Å². The SMILES string of the molecule is CC(=O)OCC1OC[C@@H](OC(C)=O)C(OC(C)=O)C1OC(C)=O. The Morgan fingerprint density at radius 2 is 1.35 bits per heavy atom. The maximum absolute atomic E-state index is 11.3. The van der Waals surface area contributed by atoms with Crippen LogP contribution < -0.4 is 0 Å². The summed E-state index contributed by atoms with van der Waals surface area (Å²) in [4.78, 5) is 44.8. The monoisotopic (exact) mass is 332 g/mol. The van der Waals surface area contributed by atoms with Gasteiger partial charge in [0.05, 0.1) is 6.61 Å². The van der Waals surface area contributed by atoms with Crippen molar-refractivity contribution in [2.45, 2.75) is 52.1 Å². The van der Waals surface area contributed by atoms with Crippen LogP contribution in [0.15, 0.2) is 0 Å². The molecule has 0 aliphatic carbocycles. The van der Waals surface area contributed by atoms with Crippen molar-refractivity contribution in [3.63, 3.8) is 0 Å². The van der Waals surface area contributed by atoms with Crippen LogP contribution in [-0.4, -0.2) is 61.5 Å². The number of hydrogen-bond acceptors (Lipinski definition) is 9. The molecule has 1 aliphatic heterocycles. The molecule has 3 unspecified atom stereocenters. The van der Waals surface area contributed by atoms with Gasteiger partial charge >= 0.3 is 23.9 Å². The first-order chi connectivity index (χ1) is 10.7. The zero-order valence-corrected chi connectivity index (χ0v) is 13.4. The van der Waals surface area contributed by atoms with E-state index >= 15 is 0 Å². The maximum Gasteiger partial charge on any atom is 0.303 e. The second-order valence-corrected chi connectivity index (χ2v) is 4.97. The summed E-state index contributed by atoms with van der Waals surface area (Å²) >= 11 is 0. The number of carbonyl (C=O) groups excluding carboxylic acids is 4. The molecule has 9 heteroatoms. The van der Waals surface area contributed by atoms with Crippen LogP contribution in [-0.2, 0) is 42.9 Å². The number of esters is 4. The first-order valence-electron chi connectivity index (χ1n) is 6.97. The van der Waals surface area contributed by atoms with E-state index in [4.69, 9.17) is 23.7 Å². The van der Waals surface area contributed by atoms with E-state index in [-0.39, 0.29) is 13.2 Å². The Morgan fingerprint density at radius 3 is 1.83 bits per heavy atom. The summed E-state index contributed by atoms with van der Waals surface area (Å²) in [6.07, 6.45) is -3.92. The lowest BCUT2D eigenvalue weighted by Crippen LogP contribution is -2.58. The molecule has 0 spiro atoms. The standard InChI is InChI=1S/C14H20O9/c1-7(15)19-5-11-13(22-9(3)17)14(23-10(4)18)12(6-20-11)21-8(2)16/h11-14H,5-6H2,1-4H3/t11?,12-,13?,14?/m1/s1. The quantitative estimate of drug-likeness (QED) is 0.496. The molecule has 1 rings (SSSR count). The normalized spacial score (nSPS) is 26.8.